The van der Waals surface area contributed by atoms with Gasteiger partial charge in [0.05, 0.1) is 7.11 Å². The summed E-state index contributed by atoms with van der Waals surface area (Å²) < 4.78 is 5.41. The maximum absolute atomic E-state index is 13.6. The van der Waals surface area contributed by atoms with Crippen LogP contribution in [-0.2, 0) is 10.2 Å². The maximum Gasteiger partial charge on any atom is 0.186 e. The van der Waals surface area contributed by atoms with Crippen molar-refractivity contribution in [3.8, 4) is 11.5 Å². The third kappa shape index (κ3) is 2.54. The first-order chi connectivity index (χ1) is 15.8. The van der Waals surface area contributed by atoms with Crippen molar-refractivity contribution in [1.29, 1.82) is 0 Å². The molecule has 5 rings (SSSR count). The molecule has 2 N–H and O–H groups in total. The Balaban J connectivity index is 1.68. The van der Waals surface area contributed by atoms with Crippen molar-refractivity contribution in [1.82, 2.24) is 0 Å². The second kappa shape index (κ2) is 6.96. The fourth-order valence-corrected chi connectivity index (χ4v) is 8.75. The molecule has 4 aliphatic rings. The number of aromatic hydroxyl groups is 1. The van der Waals surface area contributed by atoms with Crippen LogP contribution in [0, 0.1) is 35.0 Å². The van der Waals surface area contributed by atoms with E-state index in [-0.39, 0.29) is 45.4 Å². The molecular weight excluding hydrogens is 428 g/mol. The van der Waals surface area contributed by atoms with E-state index in [4.69, 9.17) is 4.74 Å². The average molecular weight is 467 g/mol. The number of ketones is 2. The number of benzene rings is 1. The number of methoxy groups -OCH3 is 1. The van der Waals surface area contributed by atoms with Crippen LogP contribution in [0.2, 0.25) is 0 Å². The van der Waals surface area contributed by atoms with Gasteiger partial charge >= 0.3 is 0 Å². The average Bonchev–Trinajstić information content (AvgIpc) is 2.78. The predicted molar refractivity (Wildman–Crippen MR) is 130 cm³/mol. The molecule has 7 atom stereocenters. The van der Waals surface area contributed by atoms with Gasteiger partial charge in [0.15, 0.2) is 23.1 Å². The number of aliphatic hydroxyl groups excluding tert-OH is 1. The lowest BCUT2D eigenvalue weighted by molar-refractivity contribution is -0.190. The van der Waals surface area contributed by atoms with Crippen LogP contribution in [0.1, 0.15) is 88.2 Å². The van der Waals surface area contributed by atoms with E-state index in [1.54, 1.807) is 6.07 Å². The van der Waals surface area contributed by atoms with Gasteiger partial charge in [-0.15, -0.1) is 0 Å². The zero-order valence-electron chi connectivity index (χ0n) is 21.5. The highest BCUT2D eigenvalue weighted by molar-refractivity contribution is 6.10. The van der Waals surface area contributed by atoms with E-state index in [0.717, 1.165) is 43.2 Å². The van der Waals surface area contributed by atoms with Crippen LogP contribution in [0.3, 0.4) is 0 Å². The van der Waals surface area contributed by atoms with Gasteiger partial charge in [-0.1, -0.05) is 34.6 Å². The summed E-state index contributed by atoms with van der Waals surface area (Å²) in [6.45, 7) is 12.8. The summed E-state index contributed by atoms with van der Waals surface area (Å²) in [4.78, 5) is 26.4. The van der Waals surface area contributed by atoms with Gasteiger partial charge in [0.2, 0.25) is 0 Å². The number of hydrogen-bond acceptors (Lipinski definition) is 5. The van der Waals surface area contributed by atoms with Gasteiger partial charge in [-0.2, -0.15) is 0 Å². The Bertz CT molecular complexity index is 1150. The van der Waals surface area contributed by atoms with Crippen LogP contribution < -0.4 is 4.74 Å². The van der Waals surface area contributed by atoms with E-state index in [1.165, 1.54) is 7.11 Å². The first kappa shape index (κ1) is 23.6. The number of Topliss-reactive ketones (excluding diaryl/α,β-unsaturated/α-hetero) is 1. The second-order valence-electron chi connectivity index (χ2n) is 12.5. The number of carbonyl (C=O) groups excluding carboxylic acids is 2. The molecule has 0 amide bonds. The summed E-state index contributed by atoms with van der Waals surface area (Å²) in [6, 6.07) is 1.75. The Labute approximate surface area is 202 Å². The normalized spacial score (nSPS) is 43.3. The van der Waals surface area contributed by atoms with E-state index >= 15 is 0 Å². The number of ether oxygens (including phenoxy) is 1. The molecule has 0 heterocycles. The fourth-order valence-electron chi connectivity index (χ4n) is 8.75. The predicted octanol–water partition coefficient (Wildman–Crippen LogP) is 5.28. The van der Waals surface area contributed by atoms with Gasteiger partial charge in [-0.25, -0.2) is 0 Å². The van der Waals surface area contributed by atoms with Gasteiger partial charge < -0.3 is 14.9 Å². The monoisotopic (exact) mass is 466 g/mol. The summed E-state index contributed by atoms with van der Waals surface area (Å²) in [5.74, 6) is 0.427. The number of phenols is 1. The molecule has 0 aromatic heterocycles. The molecule has 34 heavy (non-hydrogen) atoms. The summed E-state index contributed by atoms with van der Waals surface area (Å²) in [5, 5.41) is 21.8. The standard InChI is InChI=1S/C29H38O5/c1-15-12-20-27(4,25(33)23(15)32)9-11-29(6)21-14-18(30)22-16(2)24(34-7)19(31)13-17(22)26(21,3)8-10-28(20,29)5/h13-15,20,25,31,33H,8-12H2,1-7H3/t15-,20?,25-,26+,27-,28+,29-/m1/s1. The van der Waals surface area contributed by atoms with Gasteiger partial charge in [-0.05, 0) is 79.1 Å². The number of rotatable bonds is 1. The summed E-state index contributed by atoms with van der Waals surface area (Å²) >= 11 is 0. The van der Waals surface area contributed by atoms with Gasteiger partial charge in [0.1, 0.15) is 6.10 Å². The van der Waals surface area contributed by atoms with Gasteiger partial charge in [0, 0.05) is 27.9 Å². The molecule has 3 fully saturated rings. The molecule has 1 unspecified atom stereocenters. The van der Waals surface area contributed by atoms with Crippen molar-refractivity contribution in [3.63, 3.8) is 0 Å². The molecule has 184 valence electrons. The molecule has 0 saturated heterocycles. The number of fused-ring (bicyclic) bond motifs is 7. The molecule has 0 aliphatic heterocycles. The fraction of sp³-hybridized carbons (Fsp3) is 0.655. The second-order valence-corrected chi connectivity index (χ2v) is 12.5. The van der Waals surface area contributed by atoms with E-state index in [2.05, 4.69) is 27.7 Å². The Morgan fingerprint density at radius 1 is 1.06 bits per heavy atom. The third-order valence-electron chi connectivity index (χ3n) is 11.1. The van der Waals surface area contributed by atoms with Crippen LogP contribution in [0.25, 0.3) is 0 Å². The summed E-state index contributed by atoms with van der Waals surface area (Å²) in [6.07, 6.45) is 5.09. The molecule has 3 saturated carbocycles. The third-order valence-corrected chi connectivity index (χ3v) is 11.1. The Morgan fingerprint density at radius 3 is 2.38 bits per heavy atom. The molecular formula is C29H38O5. The lowest BCUT2D eigenvalue weighted by atomic mass is 9.35. The highest BCUT2D eigenvalue weighted by Crippen LogP contribution is 2.73. The SMILES string of the molecule is COc1c(O)cc2c(c1C)C(=O)C=C1[C@@]2(C)CC[C@@]2(C)C3C[C@@H](C)C(=O)[C@@H](O)[C@]3(C)CC[C@]12C. The Morgan fingerprint density at radius 2 is 1.74 bits per heavy atom. The van der Waals surface area contributed by atoms with E-state index < -0.39 is 11.5 Å². The molecule has 0 spiro atoms. The number of carbonyl (C=O) groups is 2. The first-order valence-corrected chi connectivity index (χ1v) is 12.7. The van der Waals surface area contributed by atoms with Crippen molar-refractivity contribution in [3.05, 3.63) is 34.4 Å². The van der Waals surface area contributed by atoms with Crippen molar-refractivity contribution in [2.45, 2.75) is 85.2 Å². The minimum Gasteiger partial charge on any atom is -0.504 e. The van der Waals surface area contributed by atoms with Crippen LogP contribution in [-0.4, -0.2) is 35.0 Å². The zero-order valence-corrected chi connectivity index (χ0v) is 21.5. The summed E-state index contributed by atoms with van der Waals surface area (Å²) in [7, 11) is 1.52. The molecule has 5 heteroatoms. The topological polar surface area (TPSA) is 83.8 Å². The van der Waals surface area contributed by atoms with Gasteiger partial charge in [0.25, 0.3) is 0 Å². The molecule has 1 aromatic rings. The maximum atomic E-state index is 13.6. The number of phenolic OH excluding ortho intramolecular Hbond substituents is 1. The van der Waals surface area contributed by atoms with Crippen LogP contribution >= 0.6 is 0 Å². The minimum atomic E-state index is -0.925. The molecule has 4 aliphatic carbocycles. The highest BCUT2D eigenvalue weighted by atomic mass is 16.5. The van der Waals surface area contributed by atoms with Crippen molar-refractivity contribution < 1.29 is 24.5 Å². The summed E-state index contributed by atoms with van der Waals surface area (Å²) in [5.41, 5.74) is 2.19. The largest absolute Gasteiger partial charge is 0.504 e. The van der Waals surface area contributed by atoms with Crippen LogP contribution in [0.15, 0.2) is 17.7 Å². The number of allylic oxidation sites excluding steroid dienone is 2. The number of aliphatic hydroxyl groups is 1. The van der Waals surface area contributed by atoms with Crippen LogP contribution in [0.5, 0.6) is 11.5 Å². The molecule has 5 nitrogen and oxygen atoms in total. The van der Waals surface area contributed by atoms with Crippen molar-refractivity contribution in [2.75, 3.05) is 7.11 Å². The Hall–Kier alpha value is -2.14. The van der Waals surface area contributed by atoms with Crippen molar-refractivity contribution in [2.24, 2.45) is 28.1 Å². The quantitative estimate of drug-likeness (QED) is 0.588. The highest BCUT2D eigenvalue weighted by Gasteiger charge is 2.68. The van der Waals surface area contributed by atoms with E-state index in [0.29, 0.717) is 16.9 Å². The zero-order chi connectivity index (χ0) is 25.0. The van der Waals surface area contributed by atoms with Crippen molar-refractivity contribution >= 4 is 11.6 Å². The lowest BCUT2D eigenvalue weighted by Crippen LogP contribution is -2.65. The molecule has 1 aromatic carbocycles. The first-order valence-electron chi connectivity index (χ1n) is 12.7. The smallest absolute Gasteiger partial charge is 0.186 e. The lowest BCUT2D eigenvalue weighted by Gasteiger charge is -2.69. The van der Waals surface area contributed by atoms with Crippen LogP contribution in [0.4, 0.5) is 0 Å². The van der Waals surface area contributed by atoms with Gasteiger partial charge in [-0.3, -0.25) is 9.59 Å². The Kier molecular flexibility index (Phi) is 4.83. The van der Waals surface area contributed by atoms with E-state index in [1.807, 2.05) is 19.9 Å². The minimum absolute atomic E-state index is 0.0208. The molecule has 0 radical (unpaired) electrons. The number of hydrogen-bond donors (Lipinski definition) is 2. The molecule has 0 bridgehead atoms. The van der Waals surface area contributed by atoms with E-state index in [9.17, 15) is 19.8 Å².